The number of rotatable bonds is 1. The lowest BCUT2D eigenvalue weighted by atomic mass is 10.3. The molecule has 1 rings (SSSR count). The third-order valence-corrected chi connectivity index (χ3v) is 1.37. The average molecular weight is 155 g/mol. The maximum absolute atomic E-state index is 11.0. The van der Waals surface area contributed by atoms with Crippen LogP contribution in [0, 0.1) is 6.92 Å². The van der Waals surface area contributed by atoms with Gasteiger partial charge in [0.25, 0.3) is 0 Å². The molecule has 1 aromatic heterocycles. The highest BCUT2D eigenvalue weighted by Crippen LogP contribution is 2.02. The fourth-order valence-corrected chi connectivity index (χ4v) is 0.837. The number of aromatic nitrogens is 3. The number of hydrogen-bond donors (Lipinski definition) is 0. The van der Waals surface area contributed by atoms with Crippen molar-refractivity contribution < 1.29 is 9.53 Å². The molecule has 1 heterocycles. The Morgan fingerprint density at radius 2 is 2.27 bits per heavy atom. The first-order valence-electron chi connectivity index (χ1n) is 3.11. The summed E-state index contributed by atoms with van der Waals surface area (Å²) in [4.78, 5) is 11.0. The van der Waals surface area contributed by atoms with Crippen LogP contribution in [-0.4, -0.2) is 28.1 Å². The van der Waals surface area contributed by atoms with E-state index >= 15 is 0 Å². The van der Waals surface area contributed by atoms with Crippen molar-refractivity contribution in [1.29, 1.82) is 0 Å². The molecule has 0 radical (unpaired) electrons. The molecule has 0 atom stereocenters. The summed E-state index contributed by atoms with van der Waals surface area (Å²) in [6, 6.07) is 0. The van der Waals surface area contributed by atoms with Gasteiger partial charge in [-0.25, -0.2) is 9.48 Å². The molecule has 1 aromatic rings. The fraction of sp³-hybridized carbons (Fsp3) is 0.500. The van der Waals surface area contributed by atoms with Gasteiger partial charge in [0.15, 0.2) is 5.69 Å². The number of carbonyl (C=O) groups is 1. The van der Waals surface area contributed by atoms with Crippen molar-refractivity contribution in [1.82, 2.24) is 15.0 Å². The zero-order valence-electron chi connectivity index (χ0n) is 6.66. The van der Waals surface area contributed by atoms with Gasteiger partial charge in [-0.05, 0) is 6.92 Å². The quantitative estimate of drug-likeness (QED) is 0.532. The SMILES string of the molecule is COC(=O)c1c(C)nnn1C. The smallest absolute Gasteiger partial charge is 0.358 e. The summed E-state index contributed by atoms with van der Waals surface area (Å²) in [7, 11) is 2.97. The first kappa shape index (κ1) is 7.71. The van der Waals surface area contributed by atoms with Gasteiger partial charge in [0.2, 0.25) is 0 Å². The van der Waals surface area contributed by atoms with E-state index in [2.05, 4.69) is 15.0 Å². The van der Waals surface area contributed by atoms with Gasteiger partial charge in [-0.2, -0.15) is 0 Å². The number of methoxy groups -OCH3 is 1. The molecule has 0 N–H and O–H groups in total. The van der Waals surface area contributed by atoms with Gasteiger partial charge in [-0.3, -0.25) is 0 Å². The van der Waals surface area contributed by atoms with Crippen LogP contribution in [0.15, 0.2) is 0 Å². The van der Waals surface area contributed by atoms with Gasteiger partial charge in [-0.15, -0.1) is 5.10 Å². The predicted octanol–water partition coefficient (Wildman–Crippen LogP) is -0.0899. The zero-order valence-corrected chi connectivity index (χ0v) is 6.66. The molecular formula is C6H9N3O2. The molecule has 0 amide bonds. The van der Waals surface area contributed by atoms with Crippen molar-refractivity contribution in [3.05, 3.63) is 11.4 Å². The van der Waals surface area contributed by atoms with Gasteiger partial charge in [-0.1, -0.05) is 5.21 Å². The van der Waals surface area contributed by atoms with Crippen molar-refractivity contribution in [2.75, 3.05) is 7.11 Å². The molecule has 11 heavy (non-hydrogen) atoms. The highest BCUT2D eigenvalue weighted by Gasteiger charge is 2.14. The van der Waals surface area contributed by atoms with Crippen molar-refractivity contribution in [3.63, 3.8) is 0 Å². The minimum Gasteiger partial charge on any atom is -0.464 e. The summed E-state index contributed by atoms with van der Waals surface area (Å²) in [5.74, 6) is -0.407. The Hall–Kier alpha value is -1.39. The predicted molar refractivity (Wildman–Crippen MR) is 37.1 cm³/mol. The highest BCUT2D eigenvalue weighted by atomic mass is 16.5. The Kier molecular flexibility index (Phi) is 1.89. The lowest BCUT2D eigenvalue weighted by molar-refractivity contribution is 0.0587. The van der Waals surface area contributed by atoms with E-state index in [0.717, 1.165) is 0 Å². The Bertz CT molecular complexity index is 260. The van der Waals surface area contributed by atoms with E-state index in [0.29, 0.717) is 11.4 Å². The van der Waals surface area contributed by atoms with Crippen molar-refractivity contribution in [3.8, 4) is 0 Å². The first-order valence-corrected chi connectivity index (χ1v) is 3.11. The summed E-state index contributed by atoms with van der Waals surface area (Å²) < 4.78 is 5.91. The lowest BCUT2D eigenvalue weighted by Gasteiger charge is -1.97. The van der Waals surface area contributed by atoms with Crippen LogP contribution in [0.4, 0.5) is 0 Å². The fourth-order valence-electron chi connectivity index (χ4n) is 0.837. The Labute approximate surface area is 64.0 Å². The minimum atomic E-state index is -0.407. The molecule has 0 spiro atoms. The molecule has 60 valence electrons. The standard InChI is InChI=1S/C6H9N3O2/c1-4-5(6(10)11-3)9(2)8-7-4/h1-3H3. The summed E-state index contributed by atoms with van der Waals surface area (Å²) in [5.41, 5.74) is 0.979. The Balaban J connectivity index is 3.10. The van der Waals surface area contributed by atoms with Gasteiger partial charge in [0.05, 0.1) is 12.8 Å². The molecule has 0 saturated heterocycles. The van der Waals surface area contributed by atoms with E-state index in [9.17, 15) is 4.79 Å². The van der Waals surface area contributed by atoms with Gasteiger partial charge < -0.3 is 4.74 Å². The normalized spacial score (nSPS) is 9.73. The Morgan fingerprint density at radius 3 is 2.64 bits per heavy atom. The highest BCUT2D eigenvalue weighted by molar-refractivity contribution is 5.88. The molecule has 0 bridgehead atoms. The van der Waals surface area contributed by atoms with E-state index in [4.69, 9.17) is 0 Å². The van der Waals surface area contributed by atoms with Crippen LogP contribution in [0.5, 0.6) is 0 Å². The Morgan fingerprint density at radius 1 is 1.64 bits per heavy atom. The third-order valence-electron chi connectivity index (χ3n) is 1.37. The molecule has 0 aromatic carbocycles. The maximum Gasteiger partial charge on any atom is 0.358 e. The molecule has 0 aliphatic rings. The lowest BCUT2D eigenvalue weighted by Crippen LogP contribution is -2.09. The van der Waals surface area contributed by atoms with E-state index in [1.54, 1.807) is 14.0 Å². The number of ether oxygens (including phenoxy) is 1. The van der Waals surface area contributed by atoms with Crippen LogP contribution in [0.25, 0.3) is 0 Å². The second-order valence-corrected chi connectivity index (χ2v) is 2.14. The summed E-state index contributed by atoms with van der Waals surface area (Å²) >= 11 is 0. The molecule has 0 unspecified atom stereocenters. The molecule has 0 fully saturated rings. The van der Waals surface area contributed by atoms with Crippen molar-refractivity contribution >= 4 is 5.97 Å². The summed E-state index contributed by atoms with van der Waals surface area (Å²) in [6.45, 7) is 1.71. The van der Waals surface area contributed by atoms with Gasteiger partial charge in [0, 0.05) is 7.05 Å². The van der Waals surface area contributed by atoms with Crippen LogP contribution < -0.4 is 0 Å². The summed E-state index contributed by atoms with van der Waals surface area (Å²) in [6.07, 6.45) is 0. The van der Waals surface area contributed by atoms with E-state index in [1.807, 2.05) is 0 Å². The van der Waals surface area contributed by atoms with Crippen molar-refractivity contribution in [2.24, 2.45) is 7.05 Å². The van der Waals surface area contributed by atoms with Gasteiger partial charge in [0.1, 0.15) is 0 Å². The van der Waals surface area contributed by atoms with Crippen LogP contribution >= 0.6 is 0 Å². The number of nitrogens with zero attached hydrogens (tertiary/aromatic N) is 3. The minimum absolute atomic E-state index is 0.396. The number of aryl methyl sites for hydroxylation is 2. The third kappa shape index (κ3) is 1.21. The van der Waals surface area contributed by atoms with E-state index in [1.165, 1.54) is 11.8 Å². The second kappa shape index (κ2) is 2.69. The zero-order chi connectivity index (χ0) is 8.43. The molecule has 0 aliphatic heterocycles. The topological polar surface area (TPSA) is 57.0 Å². The number of hydrogen-bond acceptors (Lipinski definition) is 4. The van der Waals surface area contributed by atoms with Crippen molar-refractivity contribution in [2.45, 2.75) is 6.92 Å². The first-order chi connectivity index (χ1) is 5.16. The van der Waals surface area contributed by atoms with Crippen LogP contribution in [0.2, 0.25) is 0 Å². The molecule has 5 heteroatoms. The average Bonchev–Trinajstić information content (AvgIpc) is 2.30. The summed E-state index contributed by atoms with van der Waals surface area (Å²) in [5, 5.41) is 7.35. The molecule has 0 saturated carbocycles. The van der Waals surface area contributed by atoms with Crippen LogP contribution in [0.1, 0.15) is 16.2 Å². The maximum atomic E-state index is 11.0. The number of carbonyl (C=O) groups excluding carboxylic acids is 1. The molecule has 0 aliphatic carbocycles. The van der Waals surface area contributed by atoms with E-state index < -0.39 is 5.97 Å². The van der Waals surface area contributed by atoms with Crippen LogP contribution in [-0.2, 0) is 11.8 Å². The molecular weight excluding hydrogens is 146 g/mol. The van der Waals surface area contributed by atoms with E-state index in [-0.39, 0.29) is 0 Å². The number of esters is 1. The largest absolute Gasteiger partial charge is 0.464 e. The second-order valence-electron chi connectivity index (χ2n) is 2.14. The van der Waals surface area contributed by atoms with Gasteiger partial charge >= 0.3 is 5.97 Å². The van der Waals surface area contributed by atoms with Crippen LogP contribution in [0.3, 0.4) is 0 Å². The molecule has 5 nitrogen and oxygen atoms in total. The monoisotopic (exact) mass is 155 g/mol.